The average molecular weight is 282 g/mol. The Morgan fingerprint density at radius 3 is 2.42 bits per heavy atom. The van der Waals surface area contributed by atoms with Crippen LogP contribution in [0, 0.1) is 19.8 Å². The first-order valence-electron chi connectivity index (χ1n) is 6.72. The summed E-state index contributed by atoms with van der Waals surface area (Å²) in [5, 5.41) is 0. The number of aryl methyl sites for hydroxylation is 2. The van der Waals surface area contributed by atoms with Crippen LogP contribution in [0.1, 0.15) is 24.0 Å². The number of piperidine rings is 1. The van der Waals surface area contributed by atoms with E-state index >= 15 is 0 Å². The maximum Gasteiger partial charge on any atom is 0.243 e. The van der Waals surface area contributed by atoms with Crippen LogP contribution >= 0.6 is 0 Å². The van der Waals surface area contributed by atoms with Gasteiger partial charge in [0.05, 0.1) is 4.90 Å². The Hall–Kier alpha value is -0.910. The third-order valence-electron chi connectivity index (χ3n) is 3.86. The molecular weight excluding hydrogens is 260 g/mol. The molecule has 1 saturated heterocycles. The number of nitrogens with two attached hydrogens (primary N) is 1. The Bertz CT molecular complexity index is 547. The highest BCUT2D eigenvalue weighted by Crippen LogP contribution is 2.25. The maximum atomic E-state index is 12.6. The molecule has 1 aromatic carbocycles. The lowest BCUT2D eigenvalue weighted by molar-refractivity contribution is 0.278. The zero-order chi connectivity index (χ0) is 14.0. The summed E-state index contributed by atoms with van der Waals surface area (Å²) < 4.78 is 26.8. The van der Waals surface area contributed by atoms with Crippen LogP contribution in [0.15, 0.2) is 23.1 Å². The maximum absolute atomic E-state index is 12.6. The highest BCUT2D eigenvalue weighted by Gasteiger charge is 2.29. The molecule has 1 aromatic rings. The summed E-state index contributed by atoms with van der Waals surface area (Å²) in [7, 11) is -3.35. The number of rotatable bonds is 3. The van der Waals surface area contributed by atoms with Gasteiger partial charge in [-0.2, -0.15) is 4.31 Å². The fraction of sp³-hybridized carbons (Fsp3) is 0.571. The summed E-state index contributed by atoms with van der Waals surface area (Å²) in [6.45, 7) is 5.63. The van der Waals surface area contributed by atoms with E-state index in [4.69, 9.17) is 5.73 Å². The Morgan fingerprint density at radius 2 is 1.89 bits per heavy atom. The average Bonchev–Trinajstić information content (AvgIpc) is 2.38. The summed E-state index contributed by atoms with van der Waals surface area (Å²) in [6, 6.07) is 5.49. The largest absolute Gasteiger partial charge is 0.330 e. The van der Waals surface area contributed by atoms with Gasteiger partial charge in [0.15, 0.2) is 0 Å². The standard InChI is InChI=1S/C14H22N2O2S/c1-11-3-4-14(12(2)9-11)19(17,18)16-7-5-13(10-15)6-8-16/h3-4,9,13H,5-8,10,15H2,1-2H3. The number of hydrogen-bond acceptors (Lipinski definition) is 3. The summed E-state index contributed by atoms with van der Waals surface area (Å²) in [5.41, 5.74) is 7.54. The zero-order valence-electron chi connectivity index (χ0n) is 11.6. The molecule has 2 rings (SSSR count). The summed E-state index contributed by atoms with van der Waals surface area (Å²) >= 11 is 0. The van der Waals surface area contributed by atoms with Crippen molar-refractivity contribution >= 4 is 10.0 Å². The first-order chi connectivity index (χ1) is 8.95. The molecule has 0 spiro atoms. The lowest BCUT2D eigenvalue weighted by Crippen LogP contribution is -2.40. The molecule has 1 aliphatic rings. The number of nitrogens with zero attached hydrogens (tertiary/aromatic N) is 1. The van der Waals surface area contributed by atoms with Gasteiger partial charge in [0, 0.05) is 13.1 Å². The van der Waals surface area contributed by atoms with Gasteiger partial charge in [-0.15, -0.1) is 0 Å². The molecule has 0 aromatic heterocycles. The van der Waals surface area contributed by atoms with Gasteiger partial charge in [-0.25, -0.2) is 8.42 Å². The first kappa shape index (κ1) is 14.5. The van der Waals surface area contributed by atoms with Gasteiger partial charge in [-0.1, -0.05) is 17.7 Å². The molecule has 4 nitrogen and oxygen atoms in total. The minimum absolute atomic E-state index is 0.435. The summed E-state index contributed by atoms with van der Waals surface area (Å²) in [4.78, 5) is 0.435. The predicted octanol–water partition coefficient (Wildman–Crippen LogP) is 1.66. The smallest absolute Gasteiger partial charge is 0.243 e. The van der Waals surface area contributed by atoms with Crippen molar-refractivity contribution in [2.45, 2.75) is 31.6 Å². The van der Waals surface area contributed by atoms with Gasteiger partial charge in [0.1, 0.15) is 0 Å². The molecule has 2 N–H and O–H groups in total. The molecule has 0 saturated carbocycles. The van der Waals surface area contributed by atoms with E-state index in [-0.39, 0.29) is 0 Å². The summed E-state index contributed by atoms with van der Waals surface area (Å²) in [5.74, 6) is 0.463. The molecule has 0 unspecified atom stereocenters. The number of benzene rings is 1. The molecule has 19 heavy (non-hydrogen) atoms. The quantitative estimate of drug-likeness (QED) is 0.917. The summed E-state index contributed by atoms with van der Waals surface area (Å²) in [6.07, 6.45) is 1.72. The molecule has 5 heteroatoms. The van der Waals surface area contributed by atoms with E-state index in [2.05, 4.69) is 0 Å². The Morgan fingerprint density at radius 1 is 1.26 bits per heavy atom. The minimum atomic E-state index is -3.35. The van der Waals surface area contributed by atoms with Crippen LogP contribution in [0.4, 0.5) is 0 Å². The van der Waals surface area contributed by atoms with Crippen LogP contribution in [-0.4, -0.2) is 32.4 Å². The van der Waals surface area contributed by atoms with Crippen molar-refractivity contribution in [3.05, 3.63) is 29.3 Å². The van der Waals surface area contributed by atoms with E-state index in [0.717, 1.165) is 24.0 Å². The topological polar surface area (TPSA) is 63.4 Å². The molecule has 0 atom stereocenters. The molecule has 1 aliphatic heterocycles. The van der Waals surface area contributed by atoms with Gasteiger partial charge in [-0.05, 0) is 50.8 Å². The van der Waals surface area contributed by atoms with Crippen molar-refractivity contribution < 1.29 is 8.42 Å². The fourth-order valence-electron chi connectivity index (χ4n) is 2.61. The second-order valence-corrected chi connectivity index (χ2v) is 7.26. The van der Waals surface area contributed by atoms with Gasteiger partial charge < -0.3 is 5.73 Å². The fourth-order valence-corrected chi connectivity index (χ4v) is 4.29. The number of sulfonamides is 1. The lowest BCUT2D eigenvalue weighted by Gasteiger charge is -2.31. The van der Waals surface area contributed by atoms with Crippen molar-refractivity contribution in [1.82, 2.24) is 4.31 Å². The third-order valence-corrected chi connectivity index (χ3v) is 5.91. The van der Waals surface area contributed by atoms with Crippen LogP contribution < -0.4 is 5.73 Å². The SMILES string of the molecule is Cc1ccc(S(=O)(=O)N2CCC(CN)CC2)c(C)c1. The van der Waals surface area contributed by atoms with Crippen molar-refractivity contribution in [1.29, 1.82) is 0 Å². The van der Waals surface area contributed by atoms with Crippen molar-refractivity contribution in [2.75, 3.05) is 19.6 Å². The van der Waals surface area contributed by atoms with Crippen LogP contribution in [-0.2, 0) is 10.0 Å². The van der Waals surface area contributed by atoms with Crippen molar-refractivity contribution in [2.24, 2.45) is 11.7 Å². The van der Waals surface area contributed by atoms with Gasteiger partial charge in [0.2, 0.25) is 10.0 Å². The van der Waals surface area contributed by atoms with E-state index in [0.29, 0.717) is 30.4 Å². The lowest BCUT2D eigenvalue weighted by atomic mass is 9.99. The predicted molar refractivity (Wildman–Crippen MR) is 76.5 cm³/mol. The molecule has 1 fully saturated rings. The highest BCUT2D eigenvalue weighted by molar-refractivity contribution is 7.89. The van der Waals surface area contributed by atoms with E-state index in [1.165, 1.54) is 0 Å². The minimum Gasteiger partial charge on any atom is -0.330 e. The number of hydrogen-bond donors (Lipinski definition) is 1. The van der Waals surface area contributed by atoms with E-state index < -0.39 is 10.0 Å². The van der Waals surface area contributed by atoms with Crippen molar-refractivity contribution in [3.63, 3.8) is 0 Å². The monoisotopic (exact) mass is 282 g/mol. The molecule has 1 heterocycles. The molecule has 0 aliphatic carbocycles. The van der Waals surface area contributed by atoms with E-state index in [1.807, 2.05) is 26.0 Å². The Labute approximate surface area is 115 Å². The molecule has 0 amide bonds. The highest BCUT2D eigenvalue weighted by atomic mass is 32.2. The third kappa shape index (κ3) is 2.99. The van der Waals surface area contributed by atoms with Crippen LogP contribution in [0.5, 0.6) is 0 Å². The van der Waals surface area contributed by atoms with Gasteiger partial charge in [-0.3, -0.25) is 0 Å². The van der Waals surface area contributed by atoms with Crippen molar-refractivity contribution in [3.8, 4) is 0 Å². The second kappa shape index (κ2) is 5.61. The molecule has 0 bridgehead atoms. The van der Waals surface area contributed by atoms with Gasteiger partial charge >= 0.3 is 0 Å². The van der Waals surface area contributed by atoms with Gasteiger partial charge in [0.25, 0.3) is 0 Å². The molecular formula is C14H22N2O2S. The first-order valence-corrected chi connectivity index (χ1v) is 8.16. The molecule has 106 valence electrons. The van der Waals surface area contributed by atoms with E-state index in [9.17, 15) is 8.42 Å². The molecule has 0 radical (unpaired) electrons. The Kier molecular flexibility index (Phi) is 4.28. The van der Waals surface area contributed by atoms with Crippen LogP contribution in [0.2, 0.25) is 0 Å². The van der Waals surface area contributed by atoms with E-state index in [1.54, 1.807) is 10.4 Å². The zero-order valence-corrected chi connectivity index (χ0v) is 12.4. The van der Waals surface area contributed by atoms with Crippen LogP contribution in [0.25, 0.3) is 0 Å². The van der Waals surface area contributed by atoms with Crippen LogP contribution in [0.3, 0.4) is 0 Å². The second-order valence-electron chi connectivity index (χ2n) is 5.35. The Balaban J connectivity index is 2.23. The normalized spacial score (nSPS) is 18.7.